The Morgan fingerprint density at radius 1 is 1.29 bits per heavy atom. The van der Waals surface area contributed by atoms with Gasteiger partial charge >= 0.3 is 0 Å². The summed E-state index contributed by atoms with van der Waals surface area (Å²) in [7, 11) is 0. The van der Waals surface area contributed by atoms with E-state index in [-0.39, 0.29) is 0 Å². The van der Waals surface area contributed by atoms with E-state index in [9.17, 15) is 0 Å². The van der Waals surface area contributed by atoms with Crippen molar-refractivity contribution in [1.29, 1.82) is 0 Å². The van der Waals surface area contributed by atoms with E-state index in [1.165, 1.54) is 30.4 Å². The minimum absolute atomic E-state index is 0.314. The van der Waals surface area contributed by atoms with Gasteiger partial charge in [0.2, 0.25) is 0 Å². The minimum atomic E-state index is 0.314. The Morgan fingerprint density at radius 3 is 2.59 bits per heavy atom. The highest BCUT2D eigenvalue weighted by Gasteiger charge is 2.25. The van der Waals surface area contributed by atoms with E-state index in [1.807, 2.05) is 0 Å². The van der Waals surface area contributed by atoms with Crippen molar-refractivity contribution < 1.29 is 4.74 Å². The van der Waals surface area contributed by atoms with Crippen molar-refractivity contribution in [2.75, 3.05) is 6.61 Å². The van der Waals surface area contributed by atoms with Crippen molar-refractivity contribution in [2.24, 2.45) is 11.8 Å². The summed E-state index contributed by atoms with van der Waals surface area (Å²) in [5.74, 6) is 1.35. The number of allylic oxidation sites excluding steroid dienone is 2. The Labute approximate surface area is 107 Å². The molecular formula is C16H28O. The Balaban J connectivity index is 2.66. The average molecular weight is 236 g/mol. The van der Waals surface area contributed by atoms with Crippen molar-refractivity contribution in [3.8, 4) is 0 Å². The molecule has 1 nitrogen and oxygen atoms in total. The lowest BCUT2D eigenvalue weighted by Crippen LogP contribution is -2.27. The fourth-order valence-electron chi connectivity index (χ4n) is 2.32. The van der Waals surface area contributed by atoms with Crippen molar-refractivity contribution in [3.05, 3.63) is 23.3 Å². The second-order valence-electron chi connectivity index (χ2n) is 5.37. The first-order valence-electron chi connectivity index (χ1n) is 7.08. The van der Waals surface area contributed by atoms with E-state index in [1.54, 1.807) is 0 Å². The molecule has 0 heterocycles. The Hall–Kier alpha value is -0.560. The lowest BCUT2D eigenvalue weighted by Gasteiger charge is -2.30. The van der Waals surface area contributed by atoms with Crippen LogP contribution in [-0.2, 0) is 4.74 Å². The van der Waals surface area contributed by atoms with Gasteiger partial charge in [-0.1, -0.05) is 44.9 Å². The molecule has 1 rings (SSSR count). The first-order chi connectivity index (χ1) is 8.10. The molecule has 0 fully saturated rings. The Kier molecular flexibility index (Phi) is 5.97. The molecule has 0 saturated heterocycles. The lowest BCUT2D eigenvalue weighted by molar-refractivity contribution is 0.0571. The normalized spacial score (nSPS) is 26.4. The van der Waals surface area contributed by atoms with Crippen LogP contribution in [0.1, 0.15) is 53.9 Å². The third kappa shape index (κ3) is 3.99. The molecule has 0 amide bonds. The molecule has 0 aromatic carbocycles. The van der Waals surface area contributed by atoms with Crippen molar-refractivity contribution in [1.82, 2.24) is 0 Å². The van der Waals surface area contributed by atoms with E-state index in [4.69, 9.17) is 4.74 Å². The van der Waals surface area contributed by atoms with Gasteiger partial charge in [-0.15, -0.1) is 0 Å². The molecule has 98 valence electrons. The maximum Gasteiger partial charge on any atom is 0.0850 e. The van der Waals surface area contributed by atoms with Crippen molar-refractivity contribution >= 4 is 0 Å². The molecule has 1 aliphatic rings. The average Bonchev–Trinajstić information content (AvgIpc) is 2.33. The van der Waals surface area contributed by atoms with Crippen LogP contribution < -0.4 is 0 Å². The van der Waals surface area contributed by atoms with Crippen LogP contribution in [0.3, 0.4) is 0 Å². The van der Waals surface area contributed by atoms with Gasteiger partial charge in [-0.3, -0.25) is 0 Å². The summed E-state index contributed by atoms with van der Waals surface area (Å²) >= 11 is 0. The van der Waals surface area contributed by atoms with Gasteiger partial charge in [0, 0.05) is 12.5 Å². The first kappa shape index (κ1) is 14.5. The quantitative estimate of drug-likeness (QED) is 0.647. The van der Waals surface area contributed by atoms with E-state index < -0.39 is 0 Å². The summed E-state index contributed by atoms with van der Waals surface area (Å²) in [6.07, 6.45) is 8.62. The summed E-state index contributed by atoms with van der Waals surface area (Å²) in [6, 6.07) is 0. The fraction of sp³-hybridized carbons (Fsp3) is 0.750. The molecule has 3 unspecified atom stereocenters. The summed E-state index contributed by atoms with van der Waals surface area (Å²) in [5, 5.41) is 0. The number of rotatable bonds is 6. The predicted molar refractivity (Wildman–Crippen MR) is 75.1 cm³/mol. The molecule has 0 bridgehead atoms. The van der Waals surface area contributed by atoms with Crippen LogP contribution in [0.25, 0.3) is 0 Å². The molecule has 0 saturated carbocycles. The number of hydrogen-bond donors (Lipinski definition) is 0. The smallest absolute Gasteiger partial charge is 0.0850 e. The van der Waals surface area contributed by atoms with Gasteiger partial charge in [0.05, 0.1) is 6.10 Å². The van der Waals surface area contributed by atoms with Gasteiger partial charge in [0.1, 0.15) is 0 Å². The van der Waals surface area contributed by atoms with Crippen LogP contribution in [0.4, 0.5) is 0 Å². The standard InChI is InChI=1S/C16H28O/c1-6-12(3)8-10-15-11-9-13(4)14(5)16(15)17-7-2/h9,11-12,14,16H,6-8,10H2,1-5H3. The third-order valence-corrected chi connectivity index (χ3v) is 4.07. The van der Waals surface area contributed by atoms with Crippen molar-refractivity contribution in [2.45, 2.75) is 60.0 Å². The minimum Gasteiger partial charge on any atom is -0.374 e. The SMILES string of the molecule is CCOC1C(CCC(C)CC)=CC=C(C)C1C. The molecule has 0 aromatic rings. The topological polar surface area (TPSA) is 9.23 Å². The van der Waals surface area contributed by atoms with Crippen LogP contribution in [0.5, 0.6) is 0 Å². The summed E-state index contributed by atoms with van der Waals surface area (Å²) in [4.78, 5) is 0. The lowest BCUT2D eigenvalue weighted by atomic mass is 9.83. The molecule has 0 N–H and O–H groups in total. The summed E-state index contributed by atoms with van der Waals surface area (Å²) < 4.78 is 5.93. The van der Waals surface area contributed by atoms with Crippen molar-refractivity contribution in [3.63, 3.8) is 0 Å². The highest BCUT2D eigenvalue weighted by molar-refractivity contribution is 5.29. The van der Waals surface area contributed by atoms with Gasteiger partial charge in [0.15, 0.2) is 0 Å². The summed E-state index contributed by atoms with van der Waals surface area (Å²) in [5.41, 5.74) is 2.93. The molecule has 0 radical (unpaired) electrons. The van der Waals surface area contributed by atoms with Crippen LogP contribution in [0, 0.1) is 11.8 Å². The summed E-state index contributed by atoms with van der Waals surface area (Å²) in [6.45, 7) is 12.0. The molecule has 17 heavy (non-hydrogen) atoms. The molecule has 3 atom stereocenters. The zero-order chi connectivity index (χ0) is 12.8. The van der Waals surface area contributed by atoms with Crippen LogP contribution >= 0.6 is 0 Å². The zero-order valence-electron chi connectivity index (χ0n) is 12.1. The second kappa shape index (κ2) is 7.00. The van der Waals surface area contributed by atoms with Crippen LogP contribution in [0.2, 0.25) is 0 Å². The molecule has 0 aliphatic heterocycles. The second-order valence-corrected chi connectivity index (χ2v) is 5.37. The molecule has 1 aliphatic carbocycles. The fourth-order valence-corrected chi connectivity index (χ4v) is 2.32. The van der Waals surface area contributed by atoms with Gasteiger partial charge in [0.25, 0.3) is 0 Å². The molecular weight excluding hydrogens is 208 g/mol. The Bertz CT molecular complexity index is 288. The molecule has 1 heteroatoms. The predicted octanol–water partition coefficient (Wildman–Crippen LogP) is 4.74. The highest BCUT2D eigenvalue weighted by atomic mass is 16.5. The first-order valence-corrected chi connectivity index (χ1v) is 7.08. The maximum absolute atomic E-state index is 5.93. The largest absolute Gasteiger partial charge is 0.374 e. The number of ether oxygens (including phenoxy) is 1. The number of hydrogen-bond acceptors (Lipinski definition) is 1. The van der Waals surface area contributed by atoms with E-state index in [0.29, 0.717) is 12.0 Å². The van der Waals surface area contributed by atoms with Gasteiger partial charge < -0.3 is 4.74 Å². The van der Waals surface area contributed by atoms with E-state index in [0.717, 1.165) is 12.5 Å². The van der Waals surface area contributed by atoms with Gasteiger partial charge in [-0.25, -0.2) is 0 Å². The van der Waals surface area contributed by atoms with E-state index in [2.05, 4.69) is 46.8 Å². The van der Waals surface area contributed by atoms with Gasteiger partial charge in [-0.05, 0) is 38.2 Å². The monoisotopic (exact) mass is 236 g/mol. The Morgan fingerprint density at radius 2 is 2.00 bits per heavy atom. The third-order valence-electron chi connectivity index (χ3n) is 4.07. The van der Waals surface area contributed by atoms with Crippen LogP contribution in [0.15, 0.2) is 23.3 Å². The molecule has 0 aromatic heterocycles. The zero-order valence-corrected chi connectivity index (χ0v) is 12.1. The highest BCUT2D eigenvalue weighted by Crippen LogP contribution is 2.31. The molecule has 0 spiro atoms. The van der Waals surface area contributed by atoms with Crippen LogP contribution in [-0.4, -0.2) is 12.7 Å². The van der Waals surface area contributed by atoms with E-state index >= 15 is 0 Å². The van der Waals surface area contributed by atoms with Gasteiger partial charge in [-0.2, -0.15) is 0 Å². The maximum atomic E-state index is 5.93.